The third kappa shape index (κ3) is 2.45. The third-order valence-corrected chi connectivity index (χ3v) is 3.91. The average molecular weight is 298 g/mol. The number of carbonyl (C=O) groups is 1. The van der Waals surface area contributed by atoms with Gasteiger partial charge in [0, 0.05) is 29.3 Å². The Bertz CT molecular complexity index is 439. The van der Waals surface area contributed by atoms with E-state index < -0.39 is 5.91 Å². The lowest BCUT2D eigenvalue weighted by molar-refractivity contribution is 0.0999. The van der Waals surface area contributed by atoms with E-state index in [2.05, 4.69) is 27.8 Å². The Labute approximate surface area is 109 Å². The maximum absolute atomic E-state index is 11.1. The summed E-state index contributed by atoms with van der Waals surface area (Å²) in [4.78, 5) is 13.3. The molecule has 4 nitrogen and oxygen atoms in total. The quantitative estimate of drug-likeness (QED) is 0.865. The second-order valence-corrected chi connectivity index (χ2v) is 5.43. The maximum atomic E-state index is 11.1. The molecule has 1 aliphatic heterocycles. The monoisotopic (exact) mass is 297 g/mol. The summed E-state index contributed by atoms with van der Waals surface area (Å²) in [6, 6.07) is 5.79. The normalized spacial score (nSPS) is 24.1. The van der Waals surface area contributed by atoms with Crippen molar-refractivity contribution in [3.8, 4) is 0 Å². The van der Waals surface area contributed by atoms with Gasteiger partial charge in [0.15, 0.2) is 0 Å². The standard InChI is InChI=1S/C12H16BrN3O/c1-7-5-16(6-11(7)14)8-2-3-9(12(15)17)10(13)4-8/h2-4,7,11H,5-6,14H2,1H3,(H2,15,17). The summed E-state index contributed by atoms with van der Waals surface area (Å²) in [5.41, 5.74) is 12.8. The van der Waals surface area contributed by atoms with Crippen LogP contribution in [0, 0.1) is 5.92 Å². The fourth-order valence-corrected chi connectivity index (χ4v) is 2.67. The molecule has 2 rings (SSSR count). The molecule has 0 aromatic heterocycles. The summed E-state index contributed by atoms with van der Waals surface area (Å²) in [5.74, 6) is 0.0690. The van der Waals surface area contributed by atoms with Crippen molar-refractivity contribution in [2.75, 3.05) is 18.0 Å². The minimum atomic E-state index is -0.421. The zero-order valence-electron chi connectivity index (χ0n) is 9.69. The minimum Gasteiger partial charge on any atom is -0.370 e. The maximum Gasteiger partial charge on any atom is 0.249 e. The number of hydrogen-bond acceptors (Lipinski definition) is 3. The highest BCUT2D eigenvalue weighted by Crippen LogP contribution is 2.27. The van der Waals surface area contributed by atoms with Gasteiger partial charge in [0.25, 0.3) is 0 Å². The molecule has 1 aromatic rings. The highest BCUT2D eigenvalue weighted by atomic mass is 79.9. The van der Waals surface area contributed by atoms with Crippen LogP contribution >= 0.6 is 15.9 Å². The summed E-state index contributed by atoms with van der Waals surface area (Å²) in [5, 5.41) is 0. The molecule has 0 bridgehead atoms. The van der Waals surface area contributed by atoms with Gasteiger partial charge >= 0.3 is 0 Å². The van der Waals surface area contributed by atoms with Crippen LogP contribution in [0.2, 0.25) is 0 Å². The number of halogens is 1. The van der Waals surface area contributed by atoms with E-state index in [-0.39, 0.29) is 6.04 Å². The largest absolute Gasteiger partial charge is 0.370 e. The summed E-state index contributed by atoms with van der Waals surface area (Å²) < 4.78 is 0.732. The Hall–Kier alpha value is -1.07. The minimum absolute atomic E-state index is 0.213. The van der Waals surface area contributed by atoms with Crippen LogP contribution in [0.5, 0.6) is 0 Å². The molecule has 17 heavy (non-hydrogen) atoms. The van der Waals surface area contributed by atoms with E-state index in [1.165, 1.54) is 0 Å². The van der Waals surface area contributed by atoms with Crippen molar-refractivity contribution in [1.29, 1.82) is 0 Å². The van der Waals surface area contributed by atoms with E-state index in [0.717, 1.165) is 23.2 Å². The van der Waals surface area contributed by atoms with Gasteiger partial charge in [-0.1, -0.05) is 6.92 Å². The lowest BCUT2D eigenvalue weighted by Gasteiger charge is -2.19. The Morgan fingerprint density at radius 1 is 1.47 bits per heavy atom. The van der Waals surface area contributed by atoms with Gasteiger partial charge in [-0.05, 0) is 40.0 Å². The highest BCUT2D eigenvalue weighted by molar-refractivity contribution is 9.10. The van der Waals surface area contributed by atoms with E-state index >= 15 is 0 Å². The molecule has 1 aromatic carbocycles. The van der Waals surface area contributed by atoms with Gasteiger partial charge in [0.1, 0.15) is 0 Å². The number of carbonyl (C=O) groups excluding carboxylic acids is 1. The number of rotatable bonds is 2. The van der Waals surface area contributed by atoms with Crippen LogP contribution in [0.15, 0.2) is 22.7 Å². The first-order chi connectivity index (χ1) is 7.99. The molecular weight excluding hydrogens is 282 g/mol. The second kappa shape index (κ2) is 4.66. The van der Waals surface area contributed by atoms with Gasteiger partial charge in [-0.15, -0.1) is 0 Å². The molecule has 92 valence electrons. The molecule has 0 spiro atoms. The van der Waals surface area contributed by atoms with Crippen molar-refractivity contribution < 1.29 is 4.79 Å². The lowest BCUT2D eigenvalue weighted by Crippen LogP contribution is -2.28. The van der Waals surface area contributed by atoms with Crippen molar-refractivity contribution >= 4 is 27.5 Å². The average Bonchev–Trinajstić information content (AvgIpc) is 2.58. The zero-order valence-corrected chi connectivity index (χ0v) is 11.3. The molecule has 1 fully saturated rings. The third-order valence-electron chi connectivity index (χ3n) is 3.25. The van der Waals surface area contributed by atoms with E-state index in [1.54, 1.807) is 6.07 Å². The summed E-state index contributed by atoms with van der Waals surface area (Å²) in [6.07, 6.45) is 0. The fourth-order valence-electron chi connectivity index (χ4n) is 2.10. The molecular formula is C12H16BrN3O. The Kier molecular flexibility index (Phi) is 3.40. The number of nitrogens with zero attached hydrogens (tertiary/aromatic N) is 1. The number of amides is 1. The fraction of sp³-hybridized carbons (Fsp3) is 0.417. The smallest absolute Gasteiger partial charge is 0.249 e. The molecule has 1 saturated heterocycles. The first kappa shape index (κ1) is 12.4. The van der Waals surface area contributed by atoms with Gasteiger partial charge < -0.3 is 16.4 Å². The summed E-state index contributed by atoms with van der Waals surface area (Å²) in [6.45, 7) is 3.95. The first-order valence-electron chi connectivity index (χ1n) is 5.59. The molecule has 0 radical (unpaired) electrons. The number of nitrogens with two attached hydrogens (primary N) is 2. The van der Waals surface area contributed by atoms with Crippen LogP contribution in [0.4, 0.5) is 5.69 Å². The van der Waals surface area contributed by atoms with Crippen molar-refractivity contribution in [3.63, 3.8) is 0 Å². The first-order valence-corrected chi connectivity index (χ1v) is 6.38. The Balaban J connectivity index is 2.24. The lowest BCUT2D eigenvalue weighted by atomic mass is 10.1. The predicted molar refractivity (Wildman–Crippen MR) is 72.0 cm³/mol. The van der Waals surface area contributed by atoms with Gasteiger partial charge in [-0.2, -0.15) is 0 Å². The Morgan fingerprint density at radius 2 is 2.18 bits per heavy atom. The van der Waals surface area contributed by atoms with Crippen LogP contribution in [0.25, 0.3) is 0 Å². The molecule has 0 aliphatic carbocycles. The van der Waals surface area contributed by atoms with Crippen molar-refractivity contribution in [1.82, 2.24) is 0 Å². The van der Waals surface area contributed by atoms with Crippen LogP contribution in [-0.2, 0) is 0 Å². The van der Waals surface area contributed by atoms with Gasteiger partial charge in [-0.3, -0.25) is 4.79 Å². The van der Waals surface area contributed by atoms with Crippen LogP contribution in [-0.4, -0.2) is 25.0 Å². The van der Waals surface area contributed by atoms with Crippen molar-refractivity contribution in [2.45, 2.75) is 13.0 Å². The van der Waals surface area contributed by atoms with Gasteiger partial charge in [-0.25, -0.2) is 0 Å². The molecule has 2 atom stereocenters. The van der Waals surface area contributed by atoms with E-state index in [4.69, 9.17) is 11.5 Å². The number of hydrogen-bond donors (Lipinski definition) is 2. The van der Waals surface area contributed by atoms with E-state index in [0.29, 0.717) is 11.5 Å². The number of benzene rings is 1. The Morgan fingerprint density at radius 3 is 2.65 bits per heavy atom. The number of anilines is 1. The van der Waals surface area contributed by atoms with E-state index in [1.807, 2.05) is 12.1 Å². The number of primary amides is 1. The van der Waals surface area contributed by atoms with E-state index in [9.17, 15) is 4.79 Å². The van der Waals surface area contributed by atoms with Crippen LogP contribution in [0.1, 0.15) is 17.3 Å². The van der Waals surface area contributed by atoms with Crippen molar-refractivity contribution in [2.24, 2.45) is 17.4 Å². The summed E-state index contributed by atoms with van der Waals surface area (Å²) >= 11 is 3.37. The predicted octanol–water partition coefficient (Wildman–Crippen LogP) is 1.33. The van der Waals surface area contributed by atoms with Gasteiger partial charge in [0.05, 0.1) is 5.56 Å². The SMILES string of the molecule is CC1CN(c2ccc(C(N)=O)c(Br)c2)CC1N. The molecule has 1 aliphatic rings. The molecule has 1 amide bonds. The topological polar surface area (TPSA) is 72.3 Å². The zero-order chi connectivity index (χ0) is 12.6. The van der Waals surface area contributed by atoms with Gasteiger partial charge in [0.2, 0.25) is 5.91 Å². The van der Waals surface area contributed by atoms with Crippen LogP contribution in [0.3, 0.4) is 0 Å². The molecule has 2 unspecified atom stereocenters. The molecule has 4 N–H and O–H groups in total. The highest BCUT2D eigenvalue weighted by Gasteiger charge is 2.26. The van der Waals surface area contributed by atoms with Crippen molar-refractivity contribution in [3.05, 3.63) is 28.2 Å². The molecule has 1 heterocycles. The molecule has 0 saturated carbocycles. The van der Waals surface area contributed by atoms with Crippen LogP contribution < -0.4 is 16.4 Å². The summed E-state index contributed by atoms with van der Waals surface area (Å²) in [7, 11) is 0. The second-order valence-electron chi connectivity index (χ2n) is 4.57. The molecule has 5 heteroatoms.